The van der Waals surface area contributed by atoms with Gasteiger partial charge in [0.15, 0.2) is 0 Å². The number of aromatic nitrogens is 1. The second kappa shape index (κ2) is 12.3. The number of ether oxygens (including phenoxy) is 2. The van der Waals surface area contributed by atoms with Gasteiger partial charge in [-0.05, 0) is 60.7 Å². The summed E-state index contributed by atoms with van der Waals surface area (Å²) in [7, 11) is 0. The fourth-order valence-corrected chi connectivity index (χ4v) is 6.53. The third-order valence-electron chi connectivity index (χ3n) is 7.69. The number of nitrogens with zero attached hydrogens (tertiary/aromatic N) is 2. The van der Waals surface area contributed by atoms with Gasteiger partial charge in [0, 0.05) is 40.9 Å². The highest BCUT2D eigenvalue weighted by Gasteiger charge is 2.23. The molecule has 0 radical (unpaired) electrons. The maximum absolute atomic E-state index is 14.1. The number of hydrogen-bond acceptors (Lipinski definition) is 6. The van der Waals surface area contributed by atoms with Gasteiger partial charge in [-0.25, -0.2) is 0 Å². The maximum atomic E-state index is 14.1. The number of benzene rings is 3. The van der Waals surface area contributed by atoms with Crippen molar-refractivity contribution in [1.82, 2.24) is 10.1 Å². The molecule has 0 aliphatic carbocycles. The van der Waals surface area contributed by atoms with Crippen LogP contribution >= 0.6 is 11.3 Å². The van der Waals surface area contributed by atoms with Crippen LogP contribution in [0, 0.1) is 20.8 Å². The number of rotatable bonds is 3. The van der Waals surface area contributed by atoms with Gasteiger partial charge < -0.3 is 18.9 Å². The van der Waals surface area contributed by atoms with Gasteiger partial charge in [0.25, 0.3) is 5.91 Å². The molecule has 2 bridgehead atoms. The summed E-state index contributed by atoms with van der Waals surface area (Å²) in [6, 6.07) is 24.9. The largest absolute Gasteiger partial charge is 0.491 e. The quantitative estimate of drug-likeness (QED) is 0.220. The second-order valence-corrected chi connectivity index (χ2v) is 11.7. The van der Waals surface area contributed by atoms with E-state index in [0.29, 0.717) is 39.3 Å². The van der Waals surface area contributed by atoms with E-state index in [1.165, 1.54) is 0 Å². The van der Waals surface area contributed by atoms with Crippen molar-refractivity contribution < 1.29 is 18.8 Å². The number of thiophene rings is 1. The Morgan fingerprint density at radius 3 is 2.50 bits per heavy atom. The smallest absolute Gasteiger partial charge is 0.255 e. The Morgan fingerprint density at radius 2 is 1.69 bits per heavy atom. The minimum absolute atomic E-state index is 0.0185. The average molecular weight is 579 g/mol. The first-order chi connectivity index (χ1) is 20.5. The van der Waals surface area contributed by atoms with Crippen LogP contribution in [0.15, 0.2) is 82.7 Å². The molecule has 0 saturated carbocycles. The van der Waals surface area contributed by atoms with Crippen molar-refractivity contribution in [3.8, 4) is 28.0 Å². The highest BCUT2D eigenvalue weighted by Crippen LogP contribution is 2.34. The molecular weight excluding hydrogens is 544 g/mol. The monoisotopic (exact) mass is 578 g/mol. The molecule has 3 aromatic carbocycles. The number of hydrogen-bond donors (Lipinski definition) is 0. The summed E-state index contributed by atoms with van der Waals surface area (Å²) in [6.07, 6.45) is 0.692. The molecular formula is C35H34N2O4S. The van der Waals surface area contributed by atoms with Gasteiger partial charge in [0.1, 0.15) is 18.1 Å². The van der Waals surface area contributed by atoms with Gasteiger partial charge >= 0.3 is 0 Å². The van der Waals surface area contributed by atoms with E-state index in [9.17, 15) is 4.79 Å². The molecule has 0 fully saturated rings. The Hall–Kier alpha value is -4.20. The van der Waals surface area contributed by atoms with Crippen molar-refractivity contribution in [2.24, 2.45) is 0 Å². The molecule has 3 heterocycles. The van der Waals surface area contributed by atoms with Crippen LogP contribution in [0.4, 0.5) is 0 Å². The van der Waals surface area contributed by atoms with Gasteiger partial charge in [-0.15, -0.1) is 11.3 Å². The maximum Gasteiger partial charge on any atom is 0.255 e. The molecule has 1 amide bonds. The van der Waals surface area contributed by atoms with Crippen LogP contribution in [0.2, 0.25) is 0 Å². The van der Waals surface area contributed by atoms with E-state index < -0.39 is 0 Å². The fraction of sp³-hybridized carbons (Fsp3) is 0.257. The molecule has 7 heteroatoms. The average Bonchev–Trinajstić information content (AvgIpc) is 3.55. The molecule has 0 N–H and O–H groups in total. The molecule has 6 nitrogen and oxygen atoms in total. The van der Waals surface area contributed by atoms with Gasteiger partial charge in [-0.2, -0.15) is 0 Å². The topological polar surface area (TPSA) is 64.8 Å². The third kappa shape index (κ3) is 5.89. The van der Waals surface area contributed by atoms with Crippen LogP contribution in [-0.4, -0.2) is 42.3 Å². The van der Waals surface area contributed by atoms with Crippen molar-refractivity contribution in [1.29, 1.82) is 0 Å². The van der Waals surface area contributed by atoms with Gasteiger partial charge in [0.2, 0.25) is 0 Å². The van der Waals surface area contributed by atoms with Gasteiger partial charge in [-0.3, -0.25) is 4.79 Å². The minimum atomic E-state index is 0.0185. The number of carbonyl (C=O) groups excluding carboxylic acids is 1. The fourth-order valence-electron chi connectivity index (χ4n) is 5.67. The summed E-state index contributed by atoms with van der Waals surface area (Å²) in [5.74, 6) is 1.66. The molecule has 6 rings (SSSR count). The summed E-state index contributed by atoms with van der Waals surface area (Å²) >= 11 is 1.62. The highest BCUT2D eigenvalue weighted by atomic mass is 32.1. The summed E-state index contributed by atoms with van der Waals surface area (Å²) in [4.78, 5) is 17.1. The number of amides is 1. The Morgan fingerprint density at radius 1 is 0.857 bits per heavy atom. The lowest BCUT2D eigenvalue weighted by molar-refractivity contribution is 0.0572. The normalized spacial score (nSPS) is 14.1. The first-order valence-corrected chi connectivity index (χ1v) is 15.1. The minimum Gasteiger partial charge on any atom is -0.491 e. The molecule has 2 aromatic heterocycles. The van der Waals surface area contributed by atoms with Crippen LogP contribution in [-0.2, 0) is 17.7 Å². The summed E-state index contributed by atoms with van der Waals surface area (Å²) in [5, 5.41) is 6.13. The second-order valence-electron chi connectivity index (χ2n) is 10.7. The molecule has 1 aliphatic rings. The number of aryl methyl sites for hydroxylation is 3. The summed E-state index contributed by atoms with van der Waals surface area (Å²) < 4.78 is 17.6. The third-order valence-corrected chi connectivity index (χ3v) is 8.60. The van der Waals surface area contributed by atoms with Crippen LogP contribution in [0.25, 0.3) is 22.3 Å². The van der Waals surface area contributed by atoms with Crippen molar-refractivity contribution >= 4 is 17.2 Å². The summed E-state index contributed by atoms with van der Waals surface area (Å²) in [5.41, 5.74) is 9.07. The highest BCUT2D eigenvalue weighted by molar-refractivity contribution is 7.10. The Kier molecular flexibility index (Phi) is 8.22. The van der Waals surface area contributed by atoms with Gasteiger partial charge in [0.05, 0.1) is 24.5 Å². The molecule has 5 aromatic rings. The van der Waals surface area contributed by atoms with E-state index in [-0.39, 0.29) is 5.91 Å². The van der Waals surface area contributed by atoms with Crippen molar-refractivity contribution in [3.05, 3.63) is 117 Å². The Bertz CT molecular complexity index is 1690. The number of carbonyl (C=O) groups is 1. The van der Waals surface area contributed by atoms with Crippen molar-refractivity contribution in [2.45, 2.75) is 33.7 Å². The lowest BCUT2D eigenvalue weighted by Crippen LogP contribution is -2.34. The lowest BCUT2D eigenvalue weighted by Gasteiger charge is -2.24. The van der Waals surface area contributed by atoms with E-state index in [4.69, 9.17) is 14.0 Å². The van der Waals surface area contributed by atoms with E-state index in [2.05, 4.69) is 60.6 Å². The van der Waals surface area contributed by atoms with Crippen LogP contribution in [0.5, 0.6) is 5.75 Å². The predicted octanol–water partition coefficient (Wildman–Crippen LogP) is 7.64. The molecule has 0 unspecified atom stereocenters. The van der Waals surface area contributed by atoms with Crippen LogP contribution in [0.3, 0.4) is 0 Å². The first kappa shape index (κ1) is 27.9. The Labute approximate surface area is 250 Å². The predicted molar refractivity (Wildman–Crippen MR) is 166 cm³/mol. The zero-order chi connectivity index (χ0) is 29.1. The van der Waals surface area contributed by atoms with Gasteiger partial charge in [-0.1, -0.05) is 65.8 Å². The molecule has 42 heavy (non-hydrogen) atoms. The number of fused-ring (bicyclic) bond motifs is 3. The van der Waals surface area contributed by atoms with E-state index in [0.717, 1.165) is 66.6 Å². The van der Waals surface area contributed by atoms with E-state index in [1.807, 2.05) is 48.4 Å². The molecule has 0 saturated heterocycles. The van der Waals surface area contributed by atoms with Crippen LogP contribution < -0.4 is 4.74 Å². The first-order valence-electron chi connectivity index (χ1n) is 14.2. The van der Waals surface area contributed by atoms with Crippen molar-refractivity contribution in [3.63, 3.8) is 0 Å². The van der Waals surface area contributed by atoms with Crippen LogP contribution in [0.1, 0.15) is 43.4 Å². The zero-order valence-electron chi connectivity index (χ0n) is 24.2. The van der Waals surface area contributed by atoms with E-state index >= 15 is 0 Å². The zero-order valence-corrected chi connectivity index (χ0v) is 25.0. The SMILES string of the molecule is Cc1noc(C)c1-c1ccc2c(c1)Cc1cccc(c1)CN(C(=O)c1csc(C)c1-c1ccccc1)CCOCCO2. The molecule has 0 spiro atoms. The van der Waals surface area contributed by atoms with Crippen molar-refractivity contribution in [2.75, 3.05) is 26.4 Å². The molecule has 214 valence electrons. The molecule has 1 aliphatic heterocycles. The standard InChI is InChI=1S/C35H34N2O4S/c1-23-33(24(2)41-36-23)29-12-13-32-30(20-29)19-26-8-7-9-27(18-26)21-37(14-15-39-16-17-40-32)35(38)31-22-42-25(3)34(31)28-10-5-4-6-11-28/h4-13,18,20,22H,14-17,19,21H2,1-3H3. The van der Waals surface area contributed by atoms with E-state index in [1.54, 1.807) is 11.3 Å². The molecule has 0 atom stereocenters. The Balaban J connectivity index is 1.32. The lowest BCUT2D eigenvalue weighted by atomic mass is 9.96. The summed E-state index contributed by atoms with van der Waals surface area (Å²) in [6.45, 7) is 8.25.